The van der Waals surface area contributed by atoms with Gasteiger partial charge >= 0.3 is 0 Å². The van der Waals surface area contributed by atoms with E-state index in [1.165, 1.54) is 25.4 Å². The molecule has 0 bridgehead atoms. The molecule has 0 amide bonds. The summed E-state index contributed by atoms with van der Waals surface area (Å²) in [7, 11) is -1.23. The van der Waals surface area contributed by atoms with Crippen LogP contribution in [0.4, 0.5) is 0 Å². The molecule has 0 saturated heterocycles. The van der Waals surface area contributed by atoms with Crippen molar-refractivity contribution in [3.05, 3.63) is 40.9 Å². The monoisotopic (exact) mass is 334 g/mol. The highest BCUT2D eigenvalue weighted by Gasteiger charge is 2.17. The van der Waals surface area contributed by atoms with Gasteiger partial charge in [-0.15, -0.1) is 11.3 Å². The third kappa shape index (κ3) is 2.04. The maximum absolute atomic E-state index is 3.57. The Hall–Kier alpha value is -0.643. The first-order chi connectivity index (χ1) is 8.45. The Labute approximate surface area is 121 Å². The second-order valence-electron chi connectivity index (χ2n) is 5.70. The van der Waals surface area contributed by atoms with Crippen LogP contribution in [0.5, 0.6) is 0 Å². The third-order valence-corrected chi connectivity index (χ3v) is 6.99. The van der Waals surface area contributed by atoms with E-state index in [1.54, 1.807) is 0 Å². The molecule has 0 unspecified atom stereocenters. The highest BCUT2D eigenvalue weighted by Crippen LogP contribution is 2.35. The van der Waals surface area contributed by atoms with Gasteiger partial charge < -0.3 is 0 Å². The molecular formula is C15H15BrSSi. The van der Waals surface area contributed by atoms with Crippen molar-refractivity contribution in [1.82, 2.24) is 0 Å². The first-order valence-electron chi connectivity index (χ1n) is 6.07. The summed E-state index contributed by atoms with van der Waals surface area (Å²) in [6.45, 7) is 7.20. The number of halogens is 1. The molecule has 0 spiro atoms. The van der Waals surface area contributed by atoms with Crippen LogP contribution in [0, 0.1) is 0 Å². The highest BCUT2D eigenvalue weighted by atomic mass is 79.9. The number of benzene rings is 2. The fourth-order valence-corrected chi connectivity index (χ4v) is 4.80. The van der Waals surface area contributed by atoms with Gasteiger partial charge in [-0.05, 0) is 24.3 Å². The third-order valence-electron chi connectivity index (χ3n) is 3.30. The van der Waals surface area contributed by atoms with E-state index in [-0.39, 0.29) is 0 Å². The Kier molecular flexibility index (Phi) is 2.88. The summed E-state index contributed by atoms with van der Waals surface area (Å²) in [6, 6.07) is 13.6. The molecule has 92 valence electrons. The summed E-state index contributed by atoms with van der Waals surface area (Å²) >= 11 is 5.46. The van der Waals surface area contributed by atoms with Crippen molar-refractivity contribution in [2.75, 3.05) is 0 Å². The predicted octanol–water partition coefficient (Wildman–Crippen LogP) is 5.36. The lowest BCUT2D eigenvalue weighted by Crippen LogP contribution is -2.37. The first-order valence-corrected chi connectivity index (χ1v) is 11.2. The Morgan fingerprint density at radius 3 is 2.17 bits per heavy atom. The van der Waals surface area contributed by atoms with Gasteiger partial charge in [-0.25, -0.2) is 0 Å². The summed E-state index contributed by atoms with van der Waals surface area (Å²) in [4.78, 5) is 0. The lowest BCUT2D eigenvalue weighted by molar-refractivity contribution is 1.73. The molecule has 18 heavy (non-hydrogen) atoms. The lowest BCUT2D eigenvalue weighted by Gasteiger charge is -2.16. The molecule has 0 aliphatic rings. The van der Waals surface area contributed by atoms with Gasteiger partial charge in [0.1, 0.15) is 0 Å². The largest absolute Gasteiger partial charge is 0.135 e. The van der Waals surface area contributed by atoms with Crippen LogP contribution in [0.2, 0.25) is 19.6 Å². The van der Waals surface area contributed by atoms with Gasteiger partial charge in [0.05, 0.1) is 8.07 Å². The molecule has 0 radical (unpaired) electrons. The van der Waals surface area contributed by atoms with E-state index in [0.29, 0.717) is 0 Å². The van der Waals surface area contributed by atoms with Gasteiger partial charge in [0.25, 0.3) is 0 Å². The highest BCUT2D eigenvalue weighted by molar-refractivity contribution is 9.10. The zero-order chi connectivity index (χ0) is 12.9. The van der Waals surface area contributed by atoms with Crippen LogP contribution in [-0.4, -0.2) is 8.07 Å². The molecular weight excluding hydrogens is 320 g/mol. The van der Waals surface area contributed by atoms with Crippen molar-refractivity contribution in [2.24, 2.45) is 0 Å². The smallest absolute Gasteiger partial charge is 0.0776 e. The molecule has 3 heteroatoms. The van der Waals surface area contributed by atoms with Crippen molar-refractivity contribution in [3.63, 3.8) is 0 Å². The Morgan fingerprint density at radius 2 is 1.50 bits per heavy atom. The van der Waals surface area contributed by atoms with Crippen LogP contribution in [-0.2, 0) is 0 Å². The van der Waals surface area contributed by atoms with Crippen LogP contribution < -0.4 is 5.19 Å². The molecule has 0 N–H and O–H groups in total. The van der Waals surface area contributed by atoms with E-state index in [9.17, 15) is 0 Å². The van der Waals surface area contributed by atoms with E-state index in [4.69, 9.17) is 0 Å². The van der Waals surface area contributed by atoms with Gasteiger partial charge in [-0.3, -0.25) is 0 Å². The zero-order valence-corrected chi connectivity index (χ0v) is 14.2. The lowest BCUT2D eigenvalue weighted by atomic mass is 10.1. The van der Waals surface area contributed by atoms with E-state index >= 15 is 0 Å². The fourth-order valence-electron chi connectivity index (χ4n) is 2.22. The minimum atomic E-state index is -1.23. The van der Waals surface area contributed by atoms with E-state index in [1.807, 2.05) is 11.3 Å². The first kappa shape index (κ1) is 12.4. The molecule has 0 aliphatic heterocycles. The quantitative estimate of drug-likeness (QED) is 0.525. The molecule has 2 aromatic carbocycles. The molecule has 0 fully saturated rings. The van der Waals surface area contributed by atoms with E-state index in [2.05, 4.69) is 72.0 Å². The Balaban J connectivity index is 2.38. The molecule has 1 aromatic heterocycles. The van der Waals surface area contributed by atoms with Gasteiger partial charge in [-0.1, -0.05) is 52.9 Å². The van der Waals surface area contributed by atoms with Crippen LogP contribution in [0.15, 0.2) is 40.9 Å². The molecule has 3 aromatic rings. The predicted molar refractivity (Wildman–Crippen MR) is 90.0 cm³/mol. The SMILES string of the molecule is C[Si](C)(C)c1ccc2sc3ccc(Br)cc3c2c1. The fraction of sp³-hybridized carbons (Fsp3) is 0.200. The summed E-state index contributed by atoms with van der Waals surface area (Å²) in [6.07, 6.45) is 0. The van der Waals surface area contributed by atoms with Crippen LogP contribution >= 0.6 is 27.3 Å². The summed E-state index contributed by atoms with van der Waals surface area (Å²) in [5, 5.41) is 4.33. The number of hydrogen-bond donors (Lipinski definition) is 0. The molecule has 0 saturated carbocycles. The van der Waals surface area contributed by atoms with Crippen LogP contribution in [0.1, 0.15) is 0 Å². The summed E-state index contributed by atoms with van der Waals surface area (Å²) in [5.41, 5.74) is 0. The molecule has 0 nitrogen and oxygen atoms in total. The molecule has 0 aliphatic carbocycles. The van der Waals surface area contributed by atoms with Gasteiger partial charge in [0.2, 0.25) is 0 Å². The van der Waals surface area contributed by atoms with Crippen molar-refractivity contribution in [3.8, 4) is 0 Å². The standard InChI is InChI=1S/C15H15BrSSi/c1-18(2,3)11-5-7-15-13(9-11)12-8-10(16)4-6-14(12)17-15/h4-9H,1-3H3. The van der Waals surface area contributed by atoms with Crippen LogP contribution in [0.25, 0.3) is 20.2 Å². The summed E-state index contributed by atoms with van der Waals surface area (Å²) in [5.74, 6) is 0. The average Bonchev–Trinajstić information content (AvgIpc) is 2.65. The normalized spacial score (nSPS) is 12.4. The average molecular weight is 335 g/mol. The second kappa shape index (κ2) is 4.19. The zero-order valence-electron chi connectivity index (χ0n) is 10.8. The maximum Gasteiger partial charge on any atom is 0.0776 e. The van der Waals surface area contributed by atoms with Gasteiger partial charge in [0, 0.05) is 24.6 Å². The maximum atomic E-state index is 3.57. The topological polar surface area (TPSA) is 0 Å². The van der Waals surface area contributed by atoms with Crippen molar-refractivity contribution in [1.29, 1.82) is 0 Å². The second-order valence-corrected chi connectivity index (χ2v) is 12.8. The van der Waals surface area contributed by atoms with E-state index in [0.717, 1.165) is 4.47 Å². The van der Waals surface area contributed by atoms with Gasteiger partial charge in [-0.2, -0.15) is 0 Å². The minimum Gasteiger partial charge on any atom is -0.135 e. The van der Waals surface area contributed by atoms with Crippen molar-refractivity contribution in [2.45, 2.75) is 19.6 Å². The van der Waals surface area contributed by atoms with Crippen LogP contribution in [0.3, 0.4) is 0 Å². The van der Waals surface area contributed by atoms with Crippen molar-refractivity contribution >= 4 is 60.7 Å². The number of fused-ring (bicyclic) bond motifs is 3. The van der Waals surface area contributed by atoms with E-state index < -0.39 is 8.07 Å². The minimum absolute atomic E-state index is 1.16. The number of hydrogen-bond acceptors (Lipinski definition) is 1. The molecule has 3 rings (SSSR count). The summed E-state index contributed by atoms with van der Waals surface area (Å²) < 4.78 is 3.93. The number of rotatable bonds is 1. The molecule has 0 atom stereocenters. The Bertz CT molecular complexity index is 737. The van der Waals surface area contributed by atoms with Crippen molar-refractivity contribution < 1.29 is 0 Å². The van der Waals surface area contributed by atoms with Gasteiger partial charge in [0.15, 0.2) is 0 Å². The Morgan fingerprint density at radius 1 is 0.889 bits per heavy atom. The number of thiophene rings is 1. The molecule has 1 heterocycles.